The number of carbonyl (C=O) groups is 1. The summed E-state index contributed by atoms with van der Waals surface area (Å²) in [6, 6.07) is 0. The first-order valence-electron chi connectivity index (χ1n) is 7.06. The van der Waals surface area contributed by atoms with Crippen LogP contribution in [0.1, 0.15) is 43.3 Å². The number of nitrogen functional groups attached to an aromatic ring is 1. The first-order valence-corrected chi connectivity index (χ1v) is 9.52. The molecule has 0 fully saturated rings. The number of anilines is 2. The summed E-state index contributed by atoms with van der Waals surface area (Å²) in [5, 5.41) is 6.24. The quantitative estimate of drug-likeness (QED) is 0.676. The molecule has 1 amide bonds. The van der Waals surface area contributed by atoms with Crippen molar-refractivity contribution in [3.8, 4) is 0 Å². The maximum absolute atomic E-state index is 12.2. The van der Waals surface area contributed by atoms with Crippen molar-refractivity contribution >= 4 is 37.8 Å². The molecule has 0 aliphatic carbocycles. The van der Waals surface area contributed by atoms with Crippen LogP contribution in [0.3, 0.4) is 0 Å². The number of hydrogen-bond acceptors (Lipinski definition) is 6. The minimum Gasteiger partial charge on any atom is -0.396 e. The Bertz CT molecular complexity index is 594. The Hall–Kier alpha value is -1.28. The predicted octanol–water partition coefficient (Wildman–Crippen LogP) is 2.09. The molecule has 0 bridgehead atoms. The second-order valence-corrected chi connectivity index (χ2v) is 7.82. The summed E-state index contributed by atoms with van der Waals surface area (Å²) in [7, 11) is -3.48. The van der Waals surface area contributed by atoms with Crippen molar-refractivity contribution in [3.63, 3.8) is 0 Å². The number of thiophene rings is 1. The Kier molecular flexibility index (Phi) is 6.47. The lowest BCUT2D eigenvalue weighted by Gasteiger charge is -2.06. The molecule has 1 aromatic heterocycles. The summed E-state index contributed by atoms with van der Waals surface area (Å²) in [5.74, 6) is -0.374. The fourth-order valence-electron chi connectivity index (χ4n) is 1.72. The van der Waals surface area contributed by atoms with Gasteiger partial charge in [0.05, 0.1) is 11.4 Å². The Morgan fingerprint density at radius 1 is 1.19 bits per heavy atom. The molecule has 1 rings (SSSR count). The van der Waals surface area contributed by atoms with Crippen LogP contribution in [0.15, 0.2) is 4.90 Å². The standard InChI is InChI=1S/C13H23N3O3S2/c1-4-7-15-12(17)10-9(14)11(21(18,19)6-3)13(20-10)16-8-5-2/h16H,4-8,14H2,1-3H3,(H,15,17). The molecule has 8 heteroatoms. The van der Waals surface area contributed by atoms with Gasteiger partial charge in [0.15, 0.2) is 9.84 Å². The maximum atomic E-state index is 12.2. The summed E-state index contributed by atoms with van der Waals surface area (Å²) < 4.78 is 24.4. The highest BCUT2D eigenvalue weighted by Crippen LogP contribution is 2.39. The van der Waals surface area contributed by atoms with Gasteiger partial charge >= 0.3 is 0 Å². The summed E-state index contributed by atoms with van der Waals surface area (Å²) in [5.41, 5.74) is 5.99. The van der Waals surface area contributed by atoms with Gasteiger partial charge in [0.1, 0.15) is 14.8 Å². The van der Waals surface area contributed by atoms with Crippen LogP contribution in [0.4, 0.5) is 10.7 Å². The van der Waals surface area contributed by atoms with E-state index in [1.54, 1.807) is 6.92 Å². The Morgan fingerprint density at radius 3 is 2.33 bits per heavy atom. The molecular weight excluding hydrogens is 310 g/mol. The van der Waals surface area contributed by atoms with Gasteiger partial charge in [0.25, 0.3) is 5.91 Å². The van der Waals surface area contributed by atoms with E-state index in [0.717, 1.165) is 24.2 Å². The van der Waals surface area contributed by atoms with Crippen molar-refractivity contribution < 1.29 is 13.2 Å². The van der Waals surface area contributed by atoms with Crippen LogP contribution >= 0.6 is 11.3 Å². The molecule has 0 saturated carbocycles. The molecule has 21 heavy (non-hydrogen) atoms. The van der Waals surface area contributed by atoms with E-state index in [4.69, 9.17) is 5.73 Å². The minimum absolute atomic E-state index is 0.0501. The van der Waals surface area contributed by atoms with Gasteiger partial charge in [-0.1, -0.05) is 20.8 Å². The van der Waals surface area contributed by atoms with Crippen LogP contribution in [-0.2, 0) is 9.84 Å². The van der Waals surface area contributed by atoms with Gasteiger partial charge in [0, 0.05) is 13.1 Å². The summed E-state index contributed by atoms with van der Waals surface area (Å²) >= 11 is 1.10. The molecule has 1 aromatic rings. The van der Waals surface area contributed by atoms with E-state index >= 15 is 0 Å². The lowest BCUT2D eigenvalue weighted by atomic mass is 10.3. The van der Waals surface area contributed by atoms with Gasteiger partial charge < -0.3 is 16.4 Å². The fraction of sp³-hybridized carbons (Fsp3) is 0.615. The molecule has 120 valence electrons. The van der Waals surface area contributed by atoms with Gasteiger partial charge in [-0.05, 0) is 12.8 Å². The van der Waals surface area contributed by atoms with Gasteiger partial charge in [-0.25, -0.2) is 8.42 Å². The SMILES string of the molecule is CCCNC(=O)c1sc(NCCC)c(S(=O)(=O)CC)c1N. The zero-order valence-electron chi connectivity index (χ0n) is 12.7. The molecule has 0 saturated heterocycles. The second-order valence-electron chi connectivity index (χ2n) is 4.59. The number of sulfone groups is 1. The van der Waals surface area contributed by atoms with Crippen molar-refractivity contribution in [2.45, 2.75) is 38.5 Å². The second kappa shape index (κ2) is 7.65. The fourth-order valence-corrected chi connectivity index (χ4v) is 4.33. The van der Waals surface area contributed by atoms with Crippen molar-refractivity contribution in [3.05, 3.63) is 4.88 Å². The lowest BCUT2D eigenvalue weighted by Crippen LogP contribution is -2.24. The largest absolute Gasteiger partial charge is 0.396 e. The molecule has 0 atom stereocenters. The van der Waals surface area contributed by atoms with Crippen LogP contribution in [0, 0.1) is 0 Å². The van der Waals surface area contributed by atoms with Crippen molar-refractivity contribution in [1.29, 1.82) is 0 Å². The molecule has 4 N–H and O–H groups in total. The summed E-state index contributed by atoms with van der Waals surface area (Å²) in [6.45, 7) is 6.64. The molecule has 1 heterocycles. The number of rotatable bonds is 8. The van der Waals surface area contributed by atoms with E-state index in [2.05, 4.69) is 10.6 Å². The van der Waals surface area contributed by atoms with Crippen molar-refractivity contribution in [2.24, 2.45) is 0 Å². The monoisotopic (exact) mass is 333 g/mol. The topological polar surface area (TPSA) is 101 Å². The normalized spacial score (nSPS) is 11.4. The Morgan fingerprint density at radius 2 is 1.81 bits per heavy atom. The van der Waals surface area contributed by atoms with E-state index in [1.807, 2.05) is 13.8 Å². The average molecular weight is 333 g/mol. The van der Waals surface area contributed by atoms with Crippen LogP contribution in [-0.4, -0.2) is 33.2 Å². The van der Waals surface area contributed by atoms with E-state index in [9.17, 15) is 13.2 Å². The van der Waals surface area contributed by atoms with Gasteiger partial charge in [-0.3, -0.25) is 4.79 Å². The third-order valence-electron chi connectivity index (χ3n) is 2.87. The third kappa shape index (κ3) is 4.10. The first-order chi connectivity index (χ1) is 9.88. The predicted molar refractivity (Wildman–Crippen MR) is 87.9 cm³/mol. The summed E-state index contributed by atoms with van der Waals surface area (Å²) in [6.07, 6.45) is 1.65. The highest BCUT2D eigenvalue weighted by atomic mass is 32.2. The average Bonchev–Trinajstić information content (AvgIpc) is 2.80. The zero-order chi connectivity index (χ0) is 16.0. The molecule has 0 aliphatic rings. The molecule has 0 aliphatic heterocycles. The number of nitrogens with one attached hydrogen (secondary N) is 2. The van der Waals surface area contributed by atoms with E-state index in [1.165, 1.54) is 0 Å². The minimum atomic E-state index is -3.48. The molecule has 6 nitrogen and oxygen atoms in total. The number of nitrogens with two attached hydrogens (primary N) is 1. The van der Waals surface area contributed by atoms with Crippen molar-refractivity contribution in [1.82, 2.24) is 5.32 Å². The Labute approximate surface area is 130 Å². The third-order valence-corrected chi connectivity index (χ3v) is 5.97. The Balaban J connectivity index is 3.27. The molecule has 0 spiro atoms. The summed E-state index contributed by atoms with van der Waals surface area (Å²) in [4.78, 5) is 12.4. The van der Waals surface area contributed by atoms with Gasteiger partial charge in [0.2, 0.25) is 0 Å². The molecule has 0 radical (unpaired) electrons. The van der Waals surface area contributed by atoms with Crippen molar-refractivity contribution in [2.75, 3.05) is 29.9 Å². The van der Waals surface area contributed by atoms with Crippen LogP contribution < -0.4 is 16.4 Å². The number of amides is 1. The first kappa shape index (κ1) is 17.8. The highest BCUT2D eigenvalue weighted by molar-refractivity contribution is 7.91. The van der Waals surface area contributed by atoms with Crippen LogP contribution in [0.5, 0.6) is 0 Å². The van der Waals surface area contributed by atoms with E-state index in [0.29, 0.717) is 18.1 Å². The van der Waals surface area contributed by atoms with Crippen LogP contribution in [0.25, 0.3) is 0 Å². The number of hydrogen-bond donors (Lipinski definition) is 3. The van der Waals surface area contributed by atoms with Crippen LogP contribution in [0.2, 0.25) is 0 Å². The smallest absolute Gasteiger partial charge is 0.263 e. The molecule has 0 aromatic carbocycles. The number of carbonyl (C=O) groups excluding carboxylic acids is 1. The van der Waals surface area contributed by atoms with Gasteiger partial charge in [-0.15, -0.1) is 11.3 Å². The maximum Gasteiger partial charge on any atom is 0.263 e. The van der Waals surface area contributed by atoms with E-state index < -0.39 is 9.84 Å². The lowest BCUT2D eigenvalue weighted by molar-refractivity contribution is 0.0958. The zero-order valence-corrected chi connectivity index (χ0v) is 14.3. The molecular formula is C13H23N3O3S2. The highest BCUT2D eigenvalue weighted by Gasteiger charge is 2.28. The molecule has 0 unspecified atom stereocenters. The van der Waals surface area contributed by atoms with E-state index in [-0.39, 0.29) is 27.1 Å². The van der Waals surface area contributed by atoms with Gasteiger partial charge in [-0.2, -0.15) is 0 Å².